The third-order valence-corrected chi connectivity index (χ3v) is 4.48. The molecule has 0 saturated heterocycles. The van der Waals surface area contributed by atoms with Crippen molar-refractivity contribution in [2.45, 2.75) is 12.3 Å². The van der Waals surface area contributed by atoms with Crippen LogP contribution >= 0.6 is 50.7 Å². The molecular formula is C15H10BrCl3N2. The molecule has 1 aromatic heterocycles. The van der Waals surface area contributed by atoms with Crippen molar-refractivity contribution in [3.8, 4) is 5.69 Å². The zero-order valence-corrected chi connectivity index (χ0v) is 14.8. The Hall–Kier alpha value is -0.740. The van der Waals surface area contributed by atoms with Gasteiger partial charge in [0.05, 0.1) is 22.1 Å². The average molecular weight is 405 g/mol. The van der Waals surface area contributed by atoms with Gasteiger partial charge in [0.15, 0.2) is 0 Å². The van der Waals surface area contributed by atoms with Crippen LogP contribution in [0.5, 0.6) is 0 Å². The lowest BCUT2D eigenvalue weighted by molar-refractivity contribution is 0.880. The number of hydrogen-bond donors (Lipinski definition) is 0. The maximum Gasteiger partial charge on any atom is 0.132 e. The second-order valence-electron chi connectivity index (χ2n) is 4.65. The van der Waals surface area contributed by atoms with E-state index in [1.165, 1.54) is 0 Å². The lowest BCUT2D eigenvalue weighted by Gasteiger charge is -2.13. The predicted octanol–water partition coefficient (Wildman–Crippen LogP) is 6.39. The molecule has 6 heteroatoms. The van der Waals surface area contributed by atoms with Crippen LogP contribution in [0.15, 0.2) is 40.9 Å². The number of halogens is 4. The fourth-order valence-electron chi connectivity index (χ4n) is 2.25. The van der Waals surface area contributed by atoms with Gasteiger partial charge in [-0.15, -0.1) is 11.6 Å². The van der Waals surface area contributed by atoms with Crippen LogP contribution < -0.4 is 0 Å². The summed E-state index contributed by atoms with van der Waals surface area (Å²) in [6, 6.07) is 11.2. The Kier molecular flexibility index (Phi) is 4.19. The Balaban J connectivity index is 2.39. The van der Waals surface area contributed by atoms with E-state index >= 15 is 0 Å². The van der Waals surface area contributed by atoms with E-state index in [1.54, 1.807) is 0 Å². The third kappa shape index (κ3) is 2.80. The quantitative estimate of drug-likeness (QED) is 0.452. The molecule has 2 aromatic carbocycles. The van der Waals surface area contributed by atoms with Gasteiger partial charge in [-0.25, -0.2) is 4.98 Å². The maximum atomic E-state index is 6.30. The minimum absolute atomic E-state index is 0.248. The van der Waals surface area contributed by atoms with Crippen molar-refractivity contribution >= 4 is 61.8 Å². The molecule has 21 heavy (non-hydrogen) atoms. The average Bonchev–Trinajstić information content (AvgIpc) is 2.80. The molecule has 0 amide bonds. The van der Waals surface area contributed by atoms with E-state index in [4.69, 9.17) is 34.8 Å². The number of alkyl halides is 1. The monoisotopic (exact) mass is 402 g/mol. The van der Waals surface area contributed by atoms with E-state index in [0.717, 1.165) is 27.0 Å². The molecule has 0 fully saturated rings. The third-order valence-electron chi connectivity index (χ3n) is 3.15. The van der Waals surface area contributed by atoms with E-state index in [2.05, 4.69) is 20.9 Å². The maximum absolute atomic E-state index is 6.30. The van der Waals surface area contributed by atoms with Crippen molar-refractivity contribution in [3.63, 3.8) is 0 Å². The minimum Gasteiger partial charge on any atom is -0.294 e. The smallest absolute Gasteiger partial charge is 0.132 e. The first-order chi connectivity index (χ1) is 9.97. The van der Waals surface area contributed by atoms with Crippen molar-refractivity contribution in [1.29, 1.82) is 0 Å². The molecule has 0 bridgehead atoms. The van der Waals surface area contributed by atoms with Crippen molar-refractivity contribution in [1.82, 2.24) is 9.55 Å². The van der Waals surface area contributed by atoms with Crippen LogP contribution in [0.4, 0.5) is 0 Å². The molecule has 0 N–H and O–H groups in total. The van der Waals surface area contributed by atoms with Crippen LogP contribution in [0.25, 0.3) is 16.7 Å². The highest BCUT2D eigenvalue weighted by molar-refractivity contribution is 9.10. The first kappa shape index (κ1) is 15.2. The Morgan fingerprint density at radius 2 is 1.76 bits per heavy atom. The molecule has 0 aliphatic rings. The van der Waals surface area contributed by atoms with Gasteiger partial charge in [-0.05, 0) is 59.3 Å². The highest BCUT2D eigenvalue weighted by Gasteiger charge is 2.18. The zero-order valence-electron chi connectivity index (χ0n) is 10.9. The normalized spacial score (nSPS) is 12.8. The number of fused-ring (bicyclic) bond motifs is 1. The minimum atomic E-state index is -0.248. The number of aromatic nitrogens is 2. The molecule has 3 rings (SSSR count). The van der Waals surface area contributed by atoms with Gasteiger partial charge in [-0.3, -0.25) is 4.57 Å². The lowest BCUT2D eigenvalue weighted by Crippen LogP contribution is -2.02. The molecule has 0 aliphatic carbocycles. The second-order valence-corrected chi connectivity index (χ2v) is 7.03. The van der Waals surface area contributed by atoms with Crippen LogP contribution in [0.2, 0.25) is 10.0 Å². The highest BCUT2D eigenvalue weighted by atomic mass is 79.9. The number of imidazole rings is 1. The van der Waals surface area contributed by atoms with Gasteiger partial charge < -0.3 is 0 Å². The Bertz CT molecular complexity index is 827. The van der Waals surface area contributed by atoms with Gasteiger partial charge in [0.1, 0.15) is 5.82 Å². The predicted molar refractivity (Wildman–Crippen MR) is 93.1 cm³/mol. The molecule has 3 aromatic rings. The molecule has 0 radical (unpaired) electrons. The standard InChI is InChI=1S/C15H10BrCl3N2/c1-8(17)15-20-12-6-9(18)3-5-13(12)21(15)14-7-10(19)2-4-11(14)16/h2-8H,1H3. The van der Waals surface area contributed by atoms with E-state index in [-0.39, 0.29) is 5.38 Å². The molecule has 108 valence electrons. The molecular weight excluding hydrogens is 394 g/mol. The summed E-state index contributed by atoms with van der Waals surface area (Å²) in [7, 11) is 0. The number of hydrogen-bond acceptors (Lipinski definition) is 1. The fourth-order valence-corrected chi connectivity index (χ4v) is 3.15. The van der Waals surface area contributed by atoms with Crippen molar-refractivity contribution in [3.05, 3.63) is 56.7 Å². The van der Waals surface area contributed by atoms with Crippen LogP contribution in [-0.4, -0.2) is 9.55 Å². The lowest BCUT2D eigenvalue weighted by atomic mass is 10.2. The summed E-state index contributed by atoms with van der Waals surface area (Å²) in [6.45, 7) is 1.89. The fraction of sp³-hybridized carbons (Fsp3) is 0.133. The SMILES string of the molecule is CC(Cl)c1nc2cc(Cl)ccc2n1-c1cc(Cl)ccc1Br. The topological polar surface area (TPSA) is 17.8 Å². The summed E-state index contributed by atoms with van der Waals surface area (Å²) in [4.78, 5) is 4.60. The summed E-state index contributed by atoms with van der Waals surface area (Å²) < 4.78 is 2.92. The summed E-state index contributed by atoms with van der Waals surface area (Å²) >= 11 is 22.0. The van der Waals surface area contributed by atoms with Crippen LogP contribution in [0.1, 0.15) is 18.1 Å². The van der Waals surface area contributed by atoms with E-state index < -0.39 is 0 Å². The molecule has 1 unspecified atom stereocenters. The van der Waals surface area contributed by atoms with Gasteiger partial charge in [-0.1, -0.05) is 23.2 Å². The number of nitrogens with zero attached hydrogens (tertiary/aromatic N) is 2. The first-order valence-electron chi connectivity index (χ1n) is 6.25. The van der Waals surface area contributed by atoms with Crippen molar-refractivity contribution in [2.75, 3.05) is 0 Å². The molecule has 1 atom stereocenters. The molecule has 1 heterocycles. The number of benzene rings is 2. The van der Waals surface area contributed by atoms with Crippen molar-refractivity contribution < 1.29 is 0 Å². The van der Waals surface area contributed by atoms with E-state index in [9.17, 15) is 0 Å². The van der Waals surface area contributed by atoms with Gasteiger partial charge in [0.25, 0.3) is 0 Å². The molecule has 2 nitrogen and oxygen atoms in total. The summed E-state index contributed by atoms with van der Waals surface area (Å²) in [5.74, 6) is 0.747. The van der Waals surface area contributed by atoms with Gasteiger partial charge in [-0.2, -0.15) is 0 Å². The zero-order chi connectivity index (χ0) is 15.1. The summed E-state index contributed by atoms with van der Waals surface area (Å²) in [5.41, 5.74) is 2.64. The Labute approximate surface area is 145 Å². The van der Waals surface area contributed by atoms with Gasteiger partial charge >= 0.3 is 0 Å². The van der Waals surface area contributed by atoms with Crippen LogP contribution in [0, 0.1) is 0 Å². The van der Waals surface area contributed by atoms with Crippen molar-refractivity contribution in [2.24, 2.45) is 0 Å². The largest absolute Gasteiger partial charge is 0.294 e. The highest BCUT2D eigenvalue weighted by Crippen LogP contribution is 2.33. The summed E-state index contributed by atoms with van der Waals surface area (Å²) in [5, 5.41) is 1.05. The molecule has 0 spiro atoms. The molecule has 0 aliphatic heterocycles. The number of rotatable bonds is 2. The van der Waals surface area contributed by atoms with Crippen LogP contribution in [0.3, 0.4) is 0 Å². The Morgan fingerprint density at radius 1 is 1.10 bits per heavy atom. The molecule has 0 saturated carbocycles. The van der Waals surface area contributed by atoms with Gasteiger partial charge in [0.2, 0.25) is 0 Å². The summed E-state index contributed by atoms with van der Waals surface area (Å²) in [6.07, 6.45) is 0. The first-order valence-corrected chi connectivity index (χ1v) is 8.23. The second kappa shape index (κ2) is 5.81. The van der Waals surface area contributed by atoms with Crippen LogP contribution in [-0.2, 0) is 0 Å². The van der Waals surface area contributed by atoms with E-state index in [0.29, 0.717) is 10.0 Å². The van der Waals surface area contributed by atoms with E-state index in [1.807, 2.05) is 47.9 Å². The Morgan fingerprint density at radius 3 is 2.48 bits per heavy atom. The van der Waals surface area contributed by atoms with Gasteiger partial charge in [0, 0.05) is 14.5 Å².